The fourth-order valence-corrected chi connectivity index (χ4v) is 3.56. The van der Waals surface area contributed by atoms with Crippen LogP contribution in [0.4, 0.5) is 0 Å². The Morgan fingerprint density at radius 1 is 1.03 bits per heavy atom. The van der Waals surface area contributed by atoms with Gasteiger partial charge in [0.15, 0.2) is 11.5 Å². The van der Waals surface area contributed by atoms with Gasteiger partial charge in [-0.1, -0.05) is 18.2 Å². The van der Waals surface area contributed by atoms with E-state index < -0.39 is 18.0 Å². The maximum absolute atomic E-state index is 12.3. The summed E-state index contributed by atoms with van der Waals surface area (Å²) >= 11 is 0. The van der Waals surface area contributed by atoms with Crippen LogP contribution in [0, 0.1) is 0 Å². The average Bonchev–Trinajstić information content (AvgIpc) is 3.44. The fourth-order valence-electron chi connectivity index (χ4n) is 3.56. The van der Waals surface area contributed by atoms with Gasteiger partial charge in [-0.2, -0.15) is 5.10 Å². The Morgan fingerprint density at radius 3 is 2.62 bits per heavy atom. The van der Waals surface area contributed by atoms with Crippen molar-refractivity contribution in [2.24, 2.45) is 0 Å². The van der Waals surface area contributed by atoms with Crippen LogP contribution in [0.2, 0.25) is 0 Å². The zero-order valence-electron chi connectivity index (χ0n) is 17.1. The topological polar surface area (TPSA) is 88.9 Å². The first-order valence-corrected chi connectivity index (χ1v) is 10.3. The molecule has 0 bridgehead atoms. The van der Waals surface area contributed by atoms with Crippen LogP contribution in [0.25, 0.3) is 23.0 Å². The fraction of sp³-hybridized carbons (Fsp3) is 0.208. The Hall–Kier alpha value is -4.07. The monoisotopic (exact) mass is 432 g/mol. The highest BCUT2D eigenvalue weighted by atomic mass is 16.6. The number of rotatable bonds is 5. The number of nitrogens with zero attached hydrogens (tertiary/aromatic N) is 2. The Labute approximate surface area is 184 Å². The summed E-state index contributed by atoms with van der Waals surface area (Å²) in [6, 6.07) is 15.3. The van der Waals surface area contributed by atoms with Crippen LogP contribution in [0.1, 0.15) is 12.0 Å². The van der Waals surface area contributed by atoms with Crippen molar-refractivity contribution in [3.05, 3.63) is 66.4 Å². The summed E-state index contributed by atoms with van der Waals surface area (Å²) in [5.74, 6) is 0.207. The largest absolute Gasteiger partial charge is 0.486 e. The summed E-state index contributed by atoms with van der Waals surface area (Å²) in [6.07, 6.45) is 4.26. The van der Waals surface area contributed by atoms with E-state index in [4.69, 9.17) is 24.0 Å². The van der Waals surface area contributed by atoms with Crippen molar-refractivity contribution in [1.29, 1.82) is 0 Å². The molecule has 2 aromatic carbocycles. The zero-order chi connectivity index (χ0) is 21.9. The normalized spacial score (nSPS) is 17.4. The van der Waals surface area contributed by atoms with E-state index >= 15 is 0 Å². The minimum absolute atomic E-state index is 0.263. The van der Waals surface area contributed by atoms with Crippen LogP contribution < -0.4 is 9.47 Å². The van der Waals surface area contributed by atoms with Gasteiger partial charge in [0, 0.05) is 29.8 Å². The number of benzene rings is 2. The highest BCUT2D eigenvalue weighted by Crippen LogP contribution is 2.35. The van der Waals surface area contributed by atoms with Crippen molar-refractivity contribution in [1.82, 2.24) is 9.78 Å². The van der Waals surface area contributed by atoms with E-state index in [0.29, 0.717) is 42.4 Å². The highest BCUT2D eigenvalue weighted by Gasteiger charge is 2.29. The Bertz CT molecular complexity index is 1180. The molecule has 5 rings (SSSR count). The molecule has 2 aliphatic rings. The van der Waals surface area contributed by atoms with Crippen LogP contribution in [0.3, 0.4) is 0 Å². The van der Waals surface area contributed by atoms with Gasteiger partial charge in [0.25, 0.3) is 0 Å². The van der Waals surface area contributed by atoms with E-state index in [1.165, 1.54) is 6.08 Å². The molecular weight excluding hydrogens is 412 g/mol. The molecule has 8 nitrogen and oxygen atoms in total. The molecule has 0 radical (unpaired) electrons. The third-order valence-electron chi connectivity index (χ3n) is 5.12. The first-order valence-electron chi connectivity index (χ1n) is 10.3. The number of para-hydroxylation sites is 1. The summed E-state index contributed by atoms with van der Waals surface area (Å²) in [4.78, 5) is 23.8. The van der Waals surface area contributed by atoms with Gasteiger partial charge in [-0.15, -0.1) is 0 Å². The first kappa shape index (κ1) is 19.9. The highest BCUT2D eigenvalue weighted by molar-refractivity contribution is 5.91. The van der Waals surface area contributed by atoms with E-state index in [1.54, 1.807) is 10.8 Å². The molecule has 0 spiro atoms. The number of fused-ring (bicyclic) bond motifs is 1. The lowest BCUT2D eigenvalue weighted by atomic mass is 10.1. The summed E-state index contributed by atoms with van der Waals surface area (Å²) in [7, 11) is 0. The van der Waals surface area contributed by atoms with E-state index in [2.05, 4.69) is 0 Å². The van der Waals surface area contributed by atoms with Crippen molar-refractivity contribution in [3.63, 3.8) is 0 Å². The number of cyclic esters (lactones) is 1. The Kier molecular flexibility index (Phi) is 5.33. The molecule has 1 fully saturated rings. The Balaban J connectivity index is 1.47. The minimum atomic E-state index is -0.851. The van der Waals surface area contributed by atoms with Crippen molar-refractivity contribution in [2.75, 3.05) is 19.8 Å². The molecule has 1 atom stereocenters. The van der Waals surface area contributed by atoms with Gasteiger partial charge in [0.2, 0.25) is 6.10 Å². The number of aromatic nitrogens is 2. The van der Waals surface area contributed by atoms with Gasteiger partial charge in [-0.3, -0.25) is 0 Å². The molecule has 0 unspecified atom stereocenters. The SMILES string of the molecule is O=C(/C=C/c1cn(-c2ccccc2)nc1-c1ccc2c(c1)OCCO2)O[C@@H]1CCOC1=O. The Morgan fingerprint density at radius 2 is 1.84 bits per heavy atom. The van der Waals surface area contributed by atoms with Crippen molar-refractivity contribution >= 4 is 18.0 Å². The van der Waals surface area contributed by atoms with Gasteiger partial charge in [0.05, 0.1) is 12.3 Å². The standard InChI is InChI=1S/C24H20N2O6/c27-22(32-20-10-11-31-24(20)28)9-7-17-15-26(18-4-2-1-3-5-18)25-23(17)16-6-8-19-21(14-16)30-13-12-29-19/h1-9,14-15,20H,10-13H2/b9-7+/t20-/m1/s1. The molecular formula is C24H20N2O6. The van der Waals surface area contributed by atoms with Crippen molar-refractivity contribution < 1.29 is 28.5 Å². The van der Waals surface area contributed by atoms with Gasteiger partial charge in [-0.25, -0.2) is 14.3 Å². The molecule has 3 heterocycles. The number of hydrogen-bond donors (Lipinski definition) is 0. The zero-order valence-corrected chi connectivity index (χ0v) is 17.1. The van der Waals surface area contributed by atoms with Crippen LogP contribution in [0.5, 0.6) is 11.5 Å². The first-order chi connectivity index (χ1) is 15.7. The summed E-state index contributed by atoms with van der Waals surface area (Å²) < 4.78 is 23.1. The number of esters is 2. The lowest BCUT2D eigenvalue weighted by Gasteiger charge is -2.18. The van der Waals surface area contributed by atoms with Gasteiger partial charge in [0.1, 0.15) is 18.9 Å². The van der Waals surface area contributed by atoms with Crippen LogP contribution >= 0.6 is 0 Å². The third-order valence-corrected chi connectivity index (χ3v) is 5.12. The summed E-state index contributed by atoms with van der Waals surface area (Å²) in [6.45, 7) is 1.26. The quantitative estimate of drug-likeness (QED) is 0.452. The van der Waals surface area contributed by atoms with E-state index in [1.807, 2.05) is 54.7 Å². The van der Waals surface area contributed by atoms with E-state index in [-0.39, 0.29) is 6.61 Å². The molecule has 3 aromatic rings. The van der Waals surface area contributed by atoms with Crippen molar-refractivity contribution in [3.8, 4) is 28.4 Å². The van der Waals surface area contributed by atoms with Gasteiger partial charge >= 0.3 is 11.9 Å². The van der Waals surface area contributed by atoms with Gasteiger partial charge in [-0.05, 0) is 36.4 Å². The van der Waals surface area contributed by atoms with E-state index in [9.17, 15) is 9.59 Å². The number of ether oxygens (including phenoxy) is 4. The molecule has 0 saturated carbocycles. The van der Waals surface area contributed by atoms with Gasteiger partial charge < -0.3 is 18.9 Å². The van der Waals surface area contributed by atoms with E-state index in [0.717, 1.165) is 11.3 Å². The van der Waals surface area contributed by atoms with Crippen molar-refractivity contribution in [2.45, 2.75) is 12.5 Å². The lowest BCUT2D eigenvalue weighted by Crippen LogP contribution is -2.21. The molecule has 0 amide bonds. The second kappa shape index (κ2) is 8.58. The molecule has 1 aromatic heterocycles. The third kappa shape index (κ3) is 4.07. The van der Waals surface area contributed by atoms with Crippen LogP contribution in [0.15, 0.2) is 60.8 Å². The maximum Gasteiger partial charge on any atom is 0.347 e. The summed E-state index contributed by atoms with van der Waals surface area (Å²) in [5, 5.41) is 4.74. The molecule has 32 heavy (non-hydrogen) atoms. The predicted octanol–water partition coefficient (Wildman–Crippen LogP) is 3.18. The molecule has 162 valence electrons. The summed E-state index contributed by atoms with van der Waals surface area (Å²) in [5.41, 5.74) is 3.06. The lowest BCUT2D eigenvalue weighted by molar-refractivity contribution is -0.156. The molecule has 2 aliphatic heterocycles. The molecule has 8 heteroatoms. The van der Waals surface area contributed by atoms with Crippen LogP contribution in [-0.2, 0) is 19.1 Å². The minimum Gasteiger partial charge on any atom is -0.486 e. The smallest absolute Gasteiger partial charge is 0.347 e. The molecule has 0 N–H and O–H groups in total. The second-order valence-electron chi connectivity index (χ2n) is 7.29. The molecule has 0 aliphatic carbocycles. The number of hydrogen-bond acceptors (Lipinski definition) is 7. The van der Waals surface area contributed by atoms with Crippen LogP contribution in [-0.4, -0.2) is 47.6 Å². The second-order valence-corrected chi connectivity index (χ2v) is 7.29. The number of carbonyl (C=O) groups is 2. The maximum atomic E-state index is 12.3. The predicted molar refractivity (Wildman–Crippen MR) is 114 cm³/mol. The average molecular weight is 432 g/mol. The molecule has 1 saturated heterocycles. The number of carbonyl (C=O) groups excluding carboxylic acids is 2.